The molecule has 2 aliphatic rings. The van der Waals surface area contributed by atoms with Gasteiger partial charge in [0.2, 0.25) is 47.3 Å². The van der Waals surface area contributed by atoms with Gasteiger partial charge in [-0.05, 0) is 68.8 Å². The molecule has 3 aromatic carbocycles. The lowest BCUT2D eigenvalue weighted by Crippen LogP contribution is -2.62. The number of benzene rings is 3. The van der Waals surface area contributed by atoms with Gasteiger partial charge in [-0.15, -0.1) is 0 Å². The minimum Gasteiger partial charge on any atom is -0.394 e. The normalized spacial score (nSPS) is 22.0. The molecule has 0 unspecified atom stereocenters. The molecule has 2 aliphatic heterocycles. The Hall–Kier alpha value is -7.62. The molecule has 0 spiro atoms. The first-order valence-electron chi connectivity index (χ1n) is 27.3. The Balaban J connectivity index is 1.39. The van der Waals surface area contributed by atoms with Crippen molar-refractivity contribution in [1.29, 1.82) is 0 Å². The number of carbonyl (C=O) groups is 10. The monoisotopic (exact) mass is 1180 g/mol. The van der Waals surface area contributed by atoms with Gasteiger partial charge in [0.1, 0.15) is 42.3 Å². The maximum absolute atomic E-state index is 15.0. The van der Waals surface area contributed by atoms with Crippen molar-refractivity contribution in [2.24, 2.45) is 5.73 Å². The third-order valence-electron chi connectivity index (χ3n) is 13.8. The molecule has 83 heavy (non-hydrogen) atoms. The number of aliphatic hydroxyl groups excluding tert-OH is 3. The van der Waals surface area contributed by atoms with E-state index in [0.717, 1.165) is 49.5 Å². The number of hydrogen-bond donors (Lipinski definition) is 13. The molecule has 4 aromatic rings. The van der Waals surface area contributed by atoms with Crippen molar-refractivity contribution in [1.82, 2.24) is 52.4 Å². The van der Waals surface area contributed by atoms with E-state index < -0.39 is 126 Å². The van der Waals surface area contributed by atoms with Crippen molar-refractivity contribution in [3.63, 3.8) is 0 Å². The number of nitrogens with one attached hydrogen (secondary N) is 9. The van der Waals surface area contributed by atoms with Gasteiger partial charge in [-0.25, -0.2) is 0 Å². The average molecular weight is 1180 g/mol. The maximum Gasteiger partial charge on any atom is 0.253 e. The highest BCUT2D eigenvalue weighted by atomic mass is 33.1. The molecule has 10 atom stereocenters. The van der Waals surface area contributed by atoms with Crippen LogP contribution in [0.15, 0.2) is 103 Å². The van der Waals surface area contributed by atoms with Crippen molar-refractivity contribution in [2.75, 3.05) is 31.2 Å². The zero-order chi connectivity index (χ0) is 60.0. The smallest absolute Gasteiger partial charge is 0.253 e. The molecular weight excluding hydrogens is 1110 g/mol. The van der Waals surface area contributed by atoms with E-state index in [9.17, 15) is 63.3 Å². The molecule has 1 saturated heterocycles. The number of nitrogens with zero attached hydrogens (tertiary/aromatic N) is 1. The van der Waals surface area contributed by atoms with Crippen LogP contribution in [0.5, 0.6) is 0 Å². The summed E-state index contributed by atoms with van der Waals surface area (Å²) in [5.41, 5.74) is 8.38. The van der Waals surface area contributed by atoms with E-state index in [-0.39, 0.29) is 63.1 Å². The Bertz CT molecular complexity index is 2910. The summed E-state index contributed by atoms with van der Waals surface area (Å²) in [5.74, 6) is -8.36. The van der Waals surface area contributed by atoms with Crippen LogP contribution in [0.1, 0.15) is 62.6 Å². The highest BCUT2D eigenvalue weighted by molar-refractivity contribution is 8.76. The minimum absolute atomic E-state index is 0.00582. The second-order valence-electron chi connectivity index (χ2n) is 20.3. The second kappa shape index (κ2) is 32.3. The lowest BCUT2D eigenvalue weighted by Gasteiger charge is -2.29. The Labute approximate surface area is 487 Å². The number of unbranched alkanes of at least 4 members (excludes halogenated alkanes) is 1. The first-order valence-corrected chi connectivity index (χ1v) is 29.8. The molecule has 26 heteroatoms. The summed E-state index contributed by atoms with van der Waals surface area (Å²) in [6, 6.07) is 13.2. The van der Waals surface area contributed by atoms with Gasteiger partial charge in [0.15, 0.2) is 0 Å². The van der Waals surface area contributed by atoms with E-state index in [1.807, 2.05) is 18.2 Å². The van der Waals surface area contributed by atoms with E-state index >= 15 is 0 Å². The summed E-state index contributed by atoms with van der Waals surface area (Å²) in [5, 5.41) is 53.5. The van der Waals surface area contributed by atoms with Gasteiger partial charge in [0.25, 0.3) is 11.8 Å². The van der Waals surface area contributed by atoms with Crippen molar-refractivity contribution in [3.8, 4) is 0 Å². The van der Waals surface area contributed by atoms with Crippen molar-refractivity contribution in [3.05, 3.63) is 120 Å². The largest absolute Gasteiger partial charge is 0.394 e. The van der Waals surface area contributed by atoms with Gasteiger partial charge in [0.05, 0.1) is 24.9 Å². The number of aliphatic hydroxyl groups is 3. The van der Waals surface area contributed by atoms with Crippen LogP contribution < -0.4 is 48.3 Å². The lowest BCUT2D eigenvalue weighted by atomic mass is 10.0. The number of aromatic nitrogens is 1. The molecule has 14 N–H and O–H groups in total. The van der Waals surface area contributed by atoms with Crippen molar-refractivity contribution >= 4 is 91.6 Å². The van der Waals surface area contributed by atoms with E-state index in [1.165, 1.54) is 13.8 Å². The summed E-state index contributed by atoms with van der Waals surface area (Å²) in [7, 11) is 1.92. The number of hydrogen-bond acceptors (Lipinski definition) is 16. The summed E-state index contributed by atoms with van der Waals surface area (Å²) >= 11 is 0. The number of aromatic amines is 1. The van der Waals surface area contributed by atoms with Crippen LogP contribution in [0.4, 0.5) is 0 Å². The zero-order valence-corrected chi connectivity index (χ0v) is 47.7. The predicted octanol–water partition coefficient (Wildman–Crippen LogP) is -0.943. The van der Waals surface area contributed by atoms with Crippen LogP contribution in [0, 0.1) is 0 Å². The number of para-hydroxylation sites is 1. The average Bonchev–Trinajstić information content (AvgIpc) is 4.30. The molecule has 24 nitrogen and oxygen atoms in total. The standard InChI is InChI=1S/C57H73N11O13S2/c1-33(70)44(30-69)64-56(80)46-32-83-82-31-45(65-52(76)41(26-35-14-5-3-6-15-35)60-47(72)21-13-25-68-48(73)22-23-49(68)74)55(79)62-42(27-36-16-7-4-8-17-36)53(77)63-43(28-37-29-59-39-19-10-9-18-38(37)39)54(78)61-40(20-11-12-24-58)51(75)67-50(34(2)71)57(81)66-46/h3-10,14-19,22-23,29,33-34,40-46,50,59,69-71H,11-13,20-21,24-28,30-32,58H2,1-2H3,(H,60,72)(H,61,78)(H,62,79)(H,63,77)(H,64,80)(H,65,76)(H,66,81)(H,67,75)/t33-,34-,40+,41-,42+,43-,44-,45+,46+,50+/m1/s1. The molecule has 10 amide bonds. The molecule has 1 aromatic heterocycles. The number of rotatable bonds is 22. The Morgan fingerprint density at radius 3 is 1.94 bits per heavy atom. The van der Waals surface area contributed by atoms with Gasteiger partial charge < -0.3 is 68.6 Å². The molecule has 6 rings (SSSR count). The zero-order valence-electron chi connectivity index (χ0n) is 46.0. The third kappa shape index (κ3) is 19.5. The quantitative estimate of drug-likeness (QED) is 0.0257. The minimum atomic E-state index is -1.72. The topological polar surface area (TPSA) is 373 Å². The fraction of sp³-hybridized carbons (Fsp3) is 0.439. The predicted molar refractivity (Wildman–Crippen MR) is 311 cm³/mol. The van der Waals surface area contributed by atoms with E-state index in [2.05, 4.69) is 47.5 Å². The van der Waals surface area contributed by atoms with Crippen LogP contribution in [-0.2, 0) is 67.2 Å². The molecule has 0 radical (unpaired) electrons. The van der Waals surface area contributed by atoms with Crippen LogP contribution in [0.3, 0.4) is 0 Å². The second-order valence-corrected chi connectivity index (χ2v) is 22.8. The molecule has 0 bridgehead atoms. The first kappa shape index (κ1) is 64.5. The fourth-order valence-corrected chi connectivity index (χ4v) is 11.5. The van der Waals surface area contributed by atoms with Gasteiger partial charge in [-0.3, -0.25) is 52.8 Å². The maximum atomic E-state index is 15.0. The van der Waals surface area contributed by atoms with E-state index in [4.69, 9.17) is 5.73 Å². The molecule has 1 fully saturated rings. The van der Waals surface area contributed by atoms with Crippen LogP contribution >= 0.6 is 21.6 Å². The van der Waals surface area contributed by atoms with Crippen molar-refractivity contribution in [2.45, 2.75) is 126 Å². The highest BCUT2D eigenvalue weighted by Crippen LogP contribution is 2.25. The van der Waals surface area contributed by atoms with Gasteiger partial charge >= 0.3 is 0 Å². The van der Waals surface area contributed by atoms with Crippen LogP contribution in [-0.4, -0.2) is 176 Å². The number of imide groups is 1. The third-order valence-corrected chi connectivity index (χ3v) is 16.3. The Morgan fingerprint density at radius 2 is 1.29 bits per heavy atom. The number of fused-ring (bicyclic) bond motifs is 1. The number of H-pyrrole nitrogens is 1. The Kier molecular flexibility index (Phi) is 25.1. The fourth-order valence-electron chi connectivity index (χ4n) is 9.14. The first-order chi connectivity index (χ1) is 39.8. The molecule has 446 valence electrons. The lowest BCUT2D eigenvalue weighted by molar-refractivity contribution is -0.137. The Morgan fingerprint density at radius 1 is 0.687 bits per heavy atom. The van der Waals surface area contributed by atoms with Crippen LogP contribution in [0.2, 0.25) is 0 Å². The number of amides is 10. The number of carbonyl (C=O) groups excluding carboxylic acids is 10. The van der Waals surface area contributed by atoms with E-state index in [0.29, 0.717) is 29.5 Å². The highest BCUT2D eigenvalue weighted by Gasteiger charge is 2.37. The van der Waals surface area contributed by atoms with Crippen LogP contribution in [0.25, 0.3) is 10.9 Å². The summed E-state index contributed by atoms with van der Waals surface area (Å²) in [4.78, 5) is 144. The molecule has 0 aliphatic carbocycles. The molecule has 0 saturated carbocycles. The van der Waals surface area contributed by atoms with Gasteiger partial charge in [-0.2, -0.15) is 0 Å². The van der Waals surface area contributed by atoms with Gasteiger partial charge in [-0.1, -0.05) is 100 Å². The molecule has 3 heterocycles. The summed E-state index contributed by atoms with van der Waals surface area (Å²) < 4.78 is 0. The van der Waals surface area contributed by atoms with E-state index in [1.54, 1.807) is 72.9 Å². The molecular formula is C57H73N11O13S2. The summed E-state index contributed by atoms with van der Waals surface area (Å²) in [6.07, 6.45) is 1.41. The van der Waals surface area contributed by atoms with Gasteiger partial charge in [0, 0.05) is 73.0 Å². The van der Waals surface area contributed by atoms with Crippen molar-refractivity contribution < 1.29 is 63.3 Å². The SMILES string of the molecule is C[C@@H](O)[C@@H]1NC(=O)[C@H](CCCCN)NC(=O)[C@@H](Cc2c[nH]c3ccccc23)NC(=O)[C@H](Cc2ccccc2)NC(=O)[C@@H](NC(=O)[C@@H](Cc2ccccc2)NC(=O)CCCN2C(=O)C=CC2=O)CSSC[C@@H](C(=O)N[C@H](CO)[C@@H](C)O)NC1=O. The summed E-state index contributed by atoms with van der Waals surface area (Å²) in [6.45, 7) is 2.05. The number of nitrogens with two attached hydrogens (primary N) is 1.